The first-order valence-corrected chi connectivity index (χ1v) is 13.1. The molecule has 0 aliphatic carbocycles. The summed E-state index contributed by atoms with van der Waals surface area (Å²) in [5, 5.41) is 14.9. The molecular formula is C26H30Cl2N6O. The number of piperazine rings is 1. The van der Waals surface area contributed by atoms with Crippen LogP contribution in [-0.2, 0) is 0 Å². The number of nitrogens with one attached hydrogen (secondary N) is 1. The normalized spacial score (nSPS) is 17.1. The number of anilines is 2. The minimum absolute atomic E-state index is 0.165. The number of hydrogen-bond donors (Lipinski definition) is 1. The van der Waals surface area contributed by atoms with E-state index in [4.69, 9.17) is 23.2 Å². The van der Waals surface area contributed by atoms with Crippen molar-refractivity contribution < 1.29 is 4.79 Å². The Morgan fingerprint density at radius 2 is 1.54 bits per heavy atom. The summed E-state index contributed by atoms with van der Waals surface area (Å²) in [5.74, 6) is 0.654. The Bertz CT molecular complexity index is 1190. The van der Waals surface area contributed by atoms with Gasteiger partial charge in [0.2, 0.25) is 0 Å². The topological polar surface area (TPSA) is 64.6 Å². The van der Waals surface area contributed by atoms with Crippen LogP contribution in [0, 0.1) is 0 Å². The van der Waals surface area contributed by atoms with Crippen molar-refractivity contribution in [1.29, 1.82) is 0 Å². The predicted molar refractivity (Wildman–Crippen MR) is 143 cm³/mol. The Hall–Kier alpha value is -2.61. The Morgan fingerprint density at radius 1 is 0.829 bits per heavy atom. The highest BCUT2D eigenvalue weighted by Gasteiger charge is 2.23. The van der Waals surface area contributed by atoms with E-state index in [0.29, 0.717) is 22.3 Å². The minimum Gasteiger partial charge on any atom is -0.368 e. The molecule has 0 unspecified atom stereocenters. The van der Waals surface area contributed by atoms with Crippen LogP contribution < -0.4 is 15.1 Å². The van der Waals surface area contributed by atoms with E-state index in [1.54, 1.807) is 0 Å². The highest BCUT2D eigenvalue weighted by molar-refractivity contribution is 6.42. The van der Waals surface area contributed by atoms with Crippen LogP contribution in [0.4, 0.5) is 11.5 Å². The number of likely N-dealkylation sites (tertiary alicyclic amines) is 1. The van der Waals surface area contributed by atoms with Gasteiger partial charge in [0.1, 0.15) is 0 Å². The number of nitrogens with zero attached hydrogens (tertiary/aromatic N) is 5. The molecular weight excluding hydrogens is 483 g/mol. The number of amides is 1. The lowest BCUT2D eigenvalue weighted by Crippen LogP contribution is -2.47. The van der Waals surface area contributed by atoms with Gasteiger partial charge < -0.3 is 20.0 Å². The first-order valence-electron chi connectivity index (χ1n) is 12.3. The number of aromatic nitrogens is 2. The van der Waals surface area contributed by atoms with Crippen molar-refractivity contribution in [2.45, 2.75) is 19.3 Å². The van der Waals surface area contributed by atoms with Crippen LogP contribution in [0.3, 0.4) is 0 Å². The summed E-state index contributed by atoms with van der Waals surface area (Å²) in [6.07, 6.45) is 3.79. The van der Waals surface area contributed by atoms with E-state index in [2.05, 4.69) is 30.2 Å². The van der Waals surface area contributed by atoms with Gasteiger partial charge in [-0.3, -0.25) is 4.79 Å². The van der Waals surface area contributed by atoms with Gasteiger partial charge in [0.25, 0.3) is 5.91 Å². The second-order valence-corrected chi connectivity index (χ2v) is 9.96. The molecule has 2 fully saturated rings. The van der Waals surface area contributed by atoms with Gasteiger partial charge in [-0.1, -0.05) is 53.9 Å². The maximum Gasteiger partial charge on any atom is 0.272 e. The van der Waals surface area contributed by atoms with Crippen molar-refractivity contribution in [2.75, 3.05) is 62.2 Å². The Morgan fingerprint density at radius 3 is 2.29 bits per heavy atom. The van der Waals surface area contributed by atoms with Crippen molar-refractivity contribution >= 4 is 51.4 Å². The van der Waals surface area contributed by atoms with Gasteiger partial charge in [-0.15, -0.1) is 10.2 Å². The van der Waals surface area contributed by atoms with Crippen LogP contribution in [-0.4, -0.2) is 73.4 Å². The molecule has 0 saturated carbocycles. The summed E-state index contributed by atoms with van der Waals surface area (Å²) >= 11 is 12.3. The van der Waals surface area contributed by atoms with E-state index in [-0.39, 0.29) is 5.91 Å². The number of carbonyl (C=O) groups excluding carboxylic acids is 1. The molecule has 1 amide bonds. The number of rotatable bonds is 6. The van der Waals surface area contributed by atoms with E-state index in [1.807, 2.05) is 42.5 Å². The molecule has 2 aliphatic heterocycles. The quantitative estimate of drug-likeness (QED) is 0.525. The van der Waals surface area contributed by atoms with Gasteiger partial charge >= 0.3 is 0 Å². The minimum atomic E-state index is -0.165. The van der Waals surface area contributed by atoms with E-state index in [1.165, 1.54) is 19.3 Å². The molecule has 1 N–H and O–H groups in total. The number of carbonyl (C=O) groups is 1. The monoisotopic (exact) mass is 512 g/mol. The van der Waals surface area contributed by atoms with E-state index < -0.39 is 0 Å². The van der Waals surface area contributed by atoms with Crippen LogP contribution in [0.15, 0.2) is 42.5 Å². The summed E-state index contributed by atoms with van der Waals surface area (Å²) in [6, 6.07) is 13.7. The molecule has 1 aromatic heterocycles. The molecule has 3 heterocycles. The number of piperidine rings is 1. The fourth-order valence-electron chi connectivity index (χ4n) is 4.94. The lowest BCUT2D eigenvalue weighted by Gasteiger charge is -2.37. The maximum atomic E-state index is 13.0. The van der Waals surface area contributed by atoms with Gasteiger partial charge in [0.15, 0.2) is 11.5 Å². The zero-order valence-electron chi connectivity index (χ0n) is 19.7. The third kappa shape index (κ3) is 5.47. The van der Waals surface area contributed by atoms with Crippen molar-refractivity contribution in [3.05, 3.63) is 58.2 Å². The molecule has 9 heteroatoms. The number of halogens is 2. The smallest absolute Gasteiger partial charge is 0.272 e. The summed E-state index contributed by atoms with van der Waals surface area (Å²) < 4.78 is 0. The van der Waals surface area contributed by atoms with E-state index in [0.717, 1.165) is 68.1 Å². The molecule has 3 aromatic rings. The Kier molecular flexibility index (Phi) is 7.56. The lowest BCUT2D eigenvalue weighted by atomic mass is 10.1. The van der Waals surface area contributed by atoms with Crippen LogP contribution >= 0.6 is 23.2 Å². The van der Waals surface area contributed by atoms with Gasteiger partial charge in [0.05, 0.1) is 10.0 Å². The first kappa shape index (κ1) is 24.1. The average Bonchev–Trinajstić information content (AvgIpc) is 2.90. The molecule has 2 saturated heterocycles. The van der Waals surface area contributed by atoms with Crippen LogP contribution in [0.5, 0.6) is 0 Å². The van der Waals surface area contributed by atoms with Gasteiger partial charge in [0, 0.05) is 55.7 Å². The summed E-state index contributed by atoms with van der Waals surface area (Å²) in [5.41, 5.74) is 1.45. The van der Waals surface area contributed by atoms with Crippen molar-refractivity contribution in [1.82, 2.24) is 20.4 Å². The molecule has 0 bridgehead atoms. The molecule has 7 nitrogen and oxygen atoms in total. The largest absolute Gasteiger partial charge is 0.368 e. The van der Waals surface area contributed by atoms with Crippen molar-refractivity contribution in [3.8, 4) is 0 Å². The van der Waals surface area contributed by atoms with Gasteiger partial charge in [-0.05, 0) is 44.1 Å². The summed E-state index contributed by atoms with van der Waals surface area (Å²) in [4.78, 5) is 19.9. The van der Waals surface area contributed by atoms with Gasteiger partial charge in [-0.25, -0.2) is 0 Å². The zero-order valence-corrected chi connectivity index (χ0v) is 21.2. The number of benzene rings is 2. The maximum absolute atomic E-state index is 13.0. The molecule has 0 atom stereocenters. The van der Waals surface area contributed by atoms with E-state index in [9.17, 15) is 4.79 Å². The van der Waals surface area contributed by atoms with Crippen molar-refractivity contribution in [3.63, 3.8) is 0 Å². The fourth-order valence-corrected chi connectivity index (χ4v) is 5.24. The third-order valence-corrected chi connectivity index (χ3v) is 7.63. The molecule has 2 aromatic carbocycles. The molecule has 0 spiro atoms. The highest BCUT2D eigenvalue weighted by Crippen LogP contribution is 2.30. The number of hydrogen-bond acceptors (Lipinski definition) is 6. The summed E-state index contributed by atoms with van der Waals surface area (Å²) in [7, 11) is 0. The molecule has 184 valence electrons. The molecule has 35 heavy (non-hydrogen) atoms. The second-order valence-electron chi connectivity index (χ2n) is 9.15. The van der Waals surface area contributed by atoms with Crippen LogP contribution in [0.2, 0.25) is 10.0 Å². The first-order chi connectivity index (χ1) is 17.1. The van der Waals surface area contributed by atoms with Gasteiger partial charge in [-0.2, -0.15) is 0 Å². The fraction of sp³-hybridized carbons (Fsp3) is 0.423. The zero-order chi connectivity index (χ0) is 24.2. The molecule has 2 aliphatic rings. The Balaban J connectivity index is 1.27. The highest BCUT2D eigenvalue weighted by atomic mass is 35.5. The number of fused-ring (bicyclic) bond motifs is 1. The predicted octanol–water partition coefficient (Wildman–Crippen LogP) is 4.48. The summed E-state index contributed by atoms with van der Waals surface area (Å²) in [6.45, 7) is 6.96. The van der Waals surface area contributed by atoms with Crippen molar-refractivity contribution in [2.24, 2.45) is 0 Å². The third-order valence-electron chi connectivity index (χ3n) is 6.89. The van der Waals surface area contributed by atoms with Crippen LogP contribution in [0.25, 0.3) is 10.8 Å². The second kappa shape index (κ2) is 11.0. The SMILES string of the molecule is O=C(NCCN1CCCCC1)c1nnc(N2CCN(c3ccc(Cl)c(Cl)c3)CC2)c2ccccc12. The average molecular weight is 513 g/mol. The molecule has 5 rings (SSSR count). The lowest BCUT2D eigenvalue weighted by molar-refractivity contribution is 0.0942. The Labute approximate surface area is 216 Å². The molecule has 0 radical (unpaired) electrons. The van der Waals surface area contributed by atoms with E-state index >= 15 is 0 Å². The van der Waals surface area contributed by atoms with Crippen LogP contribution in [0.1, 0.15) is 29.8 Å². The standard InChI is InChI=1S/C26H30Cl2N6O/c27-22-9-8-19(18-23(22)28)33-14-16-34(17-15-33)25-21-7-3-2-6-20(21)24(30-31-25)26(35)29-10-13-32-11-4-1-5-12-32/h2-3,6-9,18H,1,4-5,10-17H2,(H,29,35).